The van der Waals surface area contributed by atoms with E-state index in [4.69, 9.17) is 0 Å². The van der Waals surface area contributed by atoms with Crippen molar-refractivity contribution in [3.8, 4) is 0 Å². The molecule has 3 rings (SSSR count). The number of carbonyl (C=O) groups excluding carboxylic acids is 2. The van der Waals surface area contributed by atoms with Crippen molar-refractivity contribution in [2.75, 3.05) is 13.1 Å². The van der Waals surface area contributed by atoms with Crippen molar-refractivity contribution < 1.29 is 9.59 Å². The Hall–Kier alpha value is -2.62. The highest BCUT2D eigenvalue weighted by molar-refractivity contribution is 5.78. The summed E-state index contributed by atoms with van der Waals surface area (Å²) in [5.41, 5.74) is 2.28. The van der Waals surface area contributed by atoms with Gasteiger partial charge in [-0.15, -0.1) is 0 Å². The third-order valence-corrected chi connectivity index (χ3v) is 5.89. The topological polar surface area (TPSA) is 49.4 Å². The van der Waals surface area contributed by atoms with E-state index in [9.17, 15) is 9.59 Å². The molecule has 4 nitrogen and oxygen atoms in total. The average Bonchev–Trinajstić information content (AvgIpc) is 2.76. The molecule has 0 bridgehead atoms. The molecule has 1 saturated carbocycles. The van der Waals surface area contributed by atoms with Gasteiger partial charge in [-0.25, -0.2) is 0 Å². The van der Waals surface area contributed by atoms with Crippen LogP contribution in [0.15, 0.2) is 60.7 Å². The predicted molar refractivity (Wildman–Crippen MR) is 117 cm³/mol. The van der Waals surface area contributed by atoms with Gasteiger partial charge in [0.1, 0.15) is 0 Å². The Morgan fingerprint density at radius 2 is 1.48 bits per heavy atom. The van der Waals surface area contributed by atoms with Gasteiger partial charge in [-0.05, 0) is 24.0 Å². The zero-order valence-corrected chi connectivity index (χ0v) is 17.3. The molecule has 1 aliphatic rings. The number of amides is 2. The average molecular weight is 393 g/mol. The maximum atomic E-state index is 12.7. The van der Waals surface area contributed by atoms with Gasteiger partial charge in [0.15, 0.2) is 0 Å². The van der Waals surface area contributed by atoms with Gasteiger partial charge in [0.05, 0.1) is 0 Å². The third-order valence-electron chi connectivity index (χ3n) is 5.89. The van der Waals surface area contributed by atoms with Crippen LogP contribution in [-0.2, 0) is 9.59 Å². The Labute approximate surface area is 174 Å². The number of hydrogen-bond acceptors (Lipinski definition) is 2. The standard InChI is InChI=1S/C25H32N2O2/c1-20(28)27(23-15-9-4-10-16-23)18-17-26-25(29)19-24(21-11-5-2-6-12-21)22-13-7-3-8-14-22/h2-3,5-8,11-14,23-24H,4,9-10,15-19H2,1H3,(H,26,29). The van der Waals surface area contributed by atoms with Crippen molar-refractivity contribution in [3.63, 3.8) is 0 Å². The van der Waals surface area contributed by atoms with Gasteiger partial charge in [0.2, 0.25) is 11.8 Å². The van der Waals surface area contributed by atoms with E-state index < -0.39 is 0 Å². The van der Waals surface area contributed by atoms with Crippen LogP contribution in [0.1, 0.15) is 62.5 Å². The van der Waals surface area contributed by atoms with Crippen LogP contribution in [0.25, 0.3) is 0 Å². The minimum Gasteiger partial charge on any atom is -0.354 e. The maximum Gasteiger partial charge on any atom is 0.221 e. The van der Waals surface area contributed by atoms with Crippen molar-refractivity contribution in [3.05, 3.63) is 71.8 Å². The zero-order chi connectivity index (χ0) is 20.5. The minimum atomic E-state index is 0.0230. The smallest absolute Gasteiger partial charge is 0.221 e. The third kappa shape index (κ3) is 6.18. The largest absolute Gasteiger partial charge is 0.354 e. The van der Waals surface area contributed by atoms with Crippen molar-refractivity contribution in [2.24, 2.45) is 0 Å². The van der Waals surface area contributed by atoms with E-state index >= 15 is 0 Å². The van der Waals surface area contributed by atoms with Crippen LogP contribution in [0.3, 0.4) is 0 Å². The molecule has 0 unspecified atom stereocenters. The summed E-state index contributed by atoms with van der Waals surface area (Å²) in [6, 6.07) is 20.7. The quantitative estimate of drug-likeness (QED) is 0.719. The second-order valence-electron chi connectivity index (χ2n) is 7.93. The van der Waals surface area contributed by atoms with Gasteiger partial charge < -0.3 is 10.2 Å². The molecule has 154 valence electrons. The van der Waals surface area contributed by atoms with Crippen LogP contribution >= 0.6 is 0 Å². The van der Waals surface area contributed by atoms with E-state index in [1.54, 1.807) is 6.92 Å². The fourth-order valence-electron chi connectivity index (χ4n) is 4.36. The van der Waals surface area contributed by atoms with Gasteiger partial charge in [0.25, 0.3) is 0 Å². The normalized spacial score (nSPS) is 14.6. The molecular weight excluding hydrogens is 360 g/mol. The second-order valence-corrected chi connectivity index (χ2v) is 7.93. The van der Waals surface area contributed by atoms with Crippen molar-refractivity contribution in [1.29, 1.82) is 0 Å². The number of carbonyl (C=O) groups is 2. The Bertz CT molecular complexity index is 730. The first kappa shape index (κ1) is 21.1. The molecular formula is C25H32N2O2. The second kappa shape index (κ2) is 10.8. The van der Waals surface area contributed by atoms with Crippen LogP contribution in [0, 0.1) is 0 Å². The number of nitrogens with one attached hydrogen (secondary N) is 1. The molecule has 0 aromatic heterocycles. The SMILES string of the molecule is CC(=O)N(CCNC(=O)CC(c1ccccc1)c1ccccc1)C1CCCCC1. The van der Waals surface area contributed by atoms with E-state index in [0.717, 1.165) is 24.0 Å². The first-order valence-electron chi connectivity index (χ1n) is 10.8. The number of rotatable bonds is 8. The number of benzene rings is 2. The summed E-state index contributed by atoms with van der Waals surface area (Å²) in [6.45, 7) is 2.73. The lowest BCUT2D eigenvalue weighted by Gasteiger charge is -2.33. The first-order valence-corrected chi connectivity index (χ1v) is 10.8. The Balaban J connectivity index is 1.58. The molecule has 29 heavy (non-hydrogen) atoms. The predicted octanol–water partition coefficient (Wildman–Crippen LogP) is 4.51. The molecule has 0 heterocycles. The molecule has 1 aliphatic carbocycles. The molecule has 2 aromatic carbocycles. The Morgan fingerprint density at radius 1 is 0.931 bits per heavy atom. The molecule has 2 aromatic rings. The van der Waals surface area contributed by atoms with Crippen LogP contribution in [0.2, 0.25) is 0 Å². The molecule has 4 heteroatoms. The summed E-state index contributed by atoms with van der Waals surface area (Å²) < 4.78 is 0. The fourth-order valence-corrected chi connectivity index (χ4v) is 4.36. The molecule has 0 radical (unpaired) electrons. The molecule has 0 spiro atoms. The lowest BCUT2D eigenvalue weighted by atomic mass is 9.88. The molecule has 1 N–H and O–H groups in total. The van der Waals surface area contributed by atoms with E-state index in [0.29, 0.717) is 25.6 Å². The maximum absolute atomic E-state index is 12.7. The summed E-state index contributed by atoms with van der Waals surface area (Å²) in [6.07, 6.45) is 6.21. The monoisotopic (exact) mass is 392 g/mol. The van der Waals surface area contributed by atoms with Gasteiger partial charge >= 0.3 is 0 Å². The highest BCUT2D eigenvalue weighted by Gasteiger charge is 2.23. The first-order chi connectivity index (χ1) is 14.1. The van der Waals surface area contributed by atoms with Crippen molar-refractivity contribution in [1.82, 2.24) is 10.2 Å². The number of hydrogen-bond donors (Lipinski definition) is 1. The fraction of sp³-hybridized carbons (Fsp3) is 0.440. The highest BCUT2D eigenvalue weighted by Crippen LogP contribution is 2.27. The minimum absolute atomic E-state index is 0.0230. The number of nitrogens with zero attached hydrogens (tertiary/aromatic N) is 1. The lowest BCUT2D eigenvalue weighted by molar-refractivity contribution is -0.132. The van der Waals surface area contributed by atoms with Crippen molar-refractivity contribution in [2.45, 2.75) is 57.4 Å². The van der Waals surface area contributed by atoms with E-state index in [-0.39, 0.29) is 17.7 Å². The van der Waals surface area contributed by atoms with E-state index in [2.05, 4.69) is 29.6 Å². The summed E-state index contributed by atoms with van der Waals surface area (Å²) >= 11 is 0. The molecule has 2 amide bonds. The van der Waals surface area contributed by atoms with Gasteiger partial charge in [-0.3, -0.25) is 9.59 Å². The summed E-state index contributed by atoms with van der Waals surface area (Å²) in [7, 11) is 0. The van der Waals surface area contributed by atoms with Gasteiger partial charge in [0, 0.05) is 38.4 Å². The van der Waals surface area contributed by atoms with Gasteiger partial charge in [-0.1, -0.05) is 79.9 Å². The zero-order valence-electron chi connectivity index (χ0n) is 17.3. The lowest BCUT2D eigenvalue weighted by Crippen LogP contribution is -2.44. The molecule has 1 fully saturated rings. The van der Waals surface area contributed by atoms with Gasteiger partial charge in [-0.2, -0.15) is 0 Å². The molecule has 0 aliphatic heterocycles. The Kier molecular flexibility index (Phi) is 7.85. The van der Waals surface area contributed by atoms with Crippen LogP contribution in [-0.4, -0.2) is 35.8 Å². The van der Waals surface area contributed by atoms with Crippen LogP contribution < -0.4 is 5.32 Å². The molecule has 0 atom stereocenters. The molecule has 0 saturated heterocycles. The van der Waals surface area contributed by atoms with E-state index in [1.807, 2.05) is 41.3 Å². The summed E-state index contributed by atoms with van der Waals surface area (Å²) in [5.74, 6) is 0.159. The Morgan fingerprint density at radius 3 is 2.00 bits per heavy atom. The van der Waals surface area contributed by atoms with Crippen LogP contribution in [0.4, 0.5) is 0 Å². The summed E-state index contributed by atoms with van der Waals surface area (Å²) in [4.78, 5) is 26.7. The van der Waals surface area contributed by atoms with Crippen molar-refractivity contribution >= 4 is 11.8 Å². The van der Waals surface area contributed by atoms with Crippen LogP contribution in [0.5, 0.6) is 0 Å². The summed E-state index contributed by atoms with van der Waals surface area (Å²) in [5, 5.41) is 3.04. The highest BCUT2D eigenvalue weighted by atomic mass is 16.2. The van der Waals surface area contributed by atoms with E-state index in [1.165, 1.54) is 19.3 Å².